The second-order valence-electron chi connectivity index (χ2n) is 4.54. The van der Waals surface area contributed by atoms with Gasteiger partial charge in [0.15, 0.2) is 5.76 Å². The molecule has 7 heteroatoms. The van der Waals surface area contributed by atoms with Gasteiger partial charge in [-0.3, -0.25) is 9.59 Å². The molecular weight excluding hydrogens is 274 g/mol. The van der Waals surface area contributed by atoms with Crippen LogP contribution in [0.25, 0.3) is 0 Å². The van der Waals surface area contributed by atoms with Crippen molar-refractivity contribution in [2.24, 2.45) is 0 Å². The molecule has 112 valence electrons. The number of aromatic nitrogens is 2. The van der Waals surface area contributed by atoms with Crippen molar-refractivity contribution in [1.82, 2.24) is 14.9 Å². The van der Waals surface area contributed by atoms with Crippen molar-refractivity contribution >= 4 is 5.91 Å². The Bertz CT molecular complexity index is 675. The molecule has 0 aromatic carbocycles. The average molecular weight is 291 g/mol. The number of ether oxygens (including phenoxy) is 1. The van der Waals surface area contributed by atoms with Crippen LogP contribution in [-0.2, 0) is 6.54 Å². The summed E-state index contributed by atoms with van der Waals surface area (Å²) in [4.78, 5) is 27.4. The summed E-state index contributed by atoms with van der Waals surface area (Å²) in [6.45, 7) is 3.16. The molecular formula is C14H17N3O4. The molecule has 0 bridgehead atoms. The molecule has 2 aromatic heterocycles. The van der Waals surface area contributed by atoms with Crippen LogP contribution in [0.2, 0.25) is 0 Å². The Kier molecular flexibility index (Phi) is 4.76. The summed E-state index contributed by atoms with van der Waals surface area (Å²) < 4.78 is 11.8. The minimum absolute atomic E-state index is 0.0284. The van der Waals surface area contributed by atoms with E-state index in [1.807, 2.05) is 17.7 Å². The van der Waals surface area contributed by atoms with Gasteiger partial charge in [-0.2, -0.15) is 0 Å². The summed E-state index contributed by atoms with van der Waals surface area (Å²) >= 11 is 0. The molecule has 0 fully saturated rings. The first-order valence-electron chi connectivity index (χ1n) is 6.53. The molecule has 2 heterocycles. The number of rotatable bonds is 6. The van der Waals surface area contributed by atoms with Crippen LogP contribution in [0, 0.1) is 6.92 Å². The molecule has 0 saturated heterocycles. The molecule has 0 unspecified atom stereocenters. The molecule has 0 aliphatic rings. The molecule has 0 spiro atoms. The number of hydrogen-bond donors (Lipinski definition) is 1. The Morgan fingerprint density at radius 3 is 2.95 bits per heavy atom. The van der Waals surface area contributed by atoms with Crippen LogP contribution in [0.4, 0.5) is 0 Å². The van der Waals surface area contributed by atoms with E-state index in [1.54, 1.807) is 6.33 Å². The van der Waals surface area contributed by atoms with E-state index in [4.69, 9.17) is 9.15 Å². The smallest absolute Gasteiger partial charge is 0.287 e. The molecule has 0 atom stereocenters. The fourth-order valence-corrected chi connectivity index (χ4v) is 1.81. The zero-order valence-electron chi connectivity index (χ0n) is 12.0. The molecule has 0 radical (unpaired) electrons. The SMILES string of the molecule is COc1coc(C(=O)NCCCn2cnc(C)c2)cc1=O. The topological polar surface area (TPSA) is 86.4 Å². The Morgan fingerprint density at radius 2 is 2.33 bits per heavy atom. The van der Waals surface area contributed by atoms with Gasteiger partial charge in [0.2, 0.25) is 11.2 Å². The van der Waals surface area contributed by atoms with Crippen LogP contribution in [0.1, 0.15) is 22.7 Å². The van der Waals surface area contributed by atoms with Crippen molar-refractivity contribution in [2.45, 2.75) is 19.9 Å². The lowest BCUT2D eigenvalue weighted by Gasteiger charge is -2.05. The van der Waals surface area contributed by atoms with E-state index in [0.717, 1.165) is 31.0 Å². The summed E-state index contributed by atoms with van der Waals surface area (Å²) in [6.07, 6.45) is 5.57. The van der Waals surface area contributed by atoms with Gasteiger partial charge in [0.1, 0.15) is 6.26 Å². The molecule has 1 amide bonds. The second-order valence-corrected chi connectivity index (χ2v) is 4.54. The lowest BCUT2D eigenvalue weighted by molar-refractivity contribution is 0.0922. The van der Waals surface area contributed by atoms with Crippen molar-refractivity contribution < 1.29 is 13.9 Å². The van der Waals surface area contributed by atoms with Gasteiger partial charge >= 0.3 is 0 Å². The highest BCUT2D eigenvalue weighted by molar-refractivity contribution is 5.91. The largest absolute Gasteiger partial charge is 0.490 e. The first-order chi connectivity index (χ1) is 10.1. The number of nitrogens with zero attached hydrogens (tertiary/aromatic N) is 2. The Labute approximate surface area is 121 Å². The molecule has 0 saturated carbocycles. The van der Waals surface area contributed by atoms with E-state index < -0.39 is 5.91 Å². The van der Waals surface area contributed by atoms with Gasteiger partial charge in [-0.1, -0.05) is 0 Å². The van der Waals surface area contributed by atoms with E-state index >= 15 is 0 Å². The van der Waals surface area contributed by atoms with Crippen LogP contribution in [-0.4, -0.2) is 29.1 Å². The first kappa shape index (κ1) is 14.8. The third-order valence-electron chi connectivity index (χ3n) is 2.88. The second kappa shape index (κ2) is 6.74. The number of hydrogen-bond acceptors (Lipinski definition) is 5. The van der Waals surface area contributed by atoms with Gasteiger partial charge in [0.05, 0.1) is 19.1 Å². The molecule has 2 rings (SSSR count). The Balaban J connectivity index is 1.81. The lowest BCUT2D eigenvalue weighted by atomic mass is 10.3. The number of imidazole rings is 1. The van der Waals surface area contributed by atoms with Crippen LogP contribution in [0.15, 0.2) is 34.1 Å². The van der Waals surface area contributed by atoms with Crippen LogP contribution in [0.3, 0.4) is 0 Å². The van der Waals surface area contributed by atoms with E-state index in [-0.39, 0.29) is 16.9 Å². The maximum atomic E-state index is 11.8. The predicted molar refractivity (Wildman–Crippen MR) is 75.4 cm³/mol. The normalized spacial score (nSPS) is 10.4. The minimum Gasteiger partial charge on any atom is -0.490 e. The van der Waals surface area contributed by atoms with Crippen LogP contribution < -0.4 is 15.5 Å². The van der Waals surface area contributed by atoms with E-state index in [0.29, 0.717) is 6.54 Å². The molecule has 2 aromatic rings. The number of methoxy groups -OCH3 is 1. The van der Waals surface area contributed by atoms with Gasteiger partial charge in [0.25, 0.3) is 5.91 Å². The number of carbonyl (C=O) groups is 1. The zero-order valence-corrected chi connectivity index (χ0v) is 12.0. The monoisotopic (exact) mass is 291 g/mol. The minimum atomic E-state index is -0.420. The highest BCUT2D eigenvalue weighted by Crippen LogP contribution is 2.04. The van der Waals surface area contributed by atoms with Crippen molar-refractivity contribution in [2.75, 3.05) is 13.7 Å². The maximum absolute atomic E-state index is 11.8. The Hall–Kier alpha value is -2.57. The number of nitrogens with one attached hydrogen (secondary N) is 1. The first-order valence-corrected chi connectivity index (χ1v) is 6.53. The lowest BCUT2D eigenvalue weighted by Crippen LogP contribution is -2.26. The third-order valence-corrected chi connectivity index (χ3v) is 2.88. The van der Waals surface area contributed by atoms with E-state index in [9.17, 15) is 9.59 Å². The predicted octanol–water partition coefficient (Wildman–Crippen LogP) is 0.973. The third kappa shape index (κ3) is 3.95. The van der Waals surface area contributed by atoms with Gasteiger partial charge in [-0.05, 0) is 13.3 Å². The number of carbonyl (C=O) groups excluding carboxylic acids is 1. The highest BCUT2D eigenvalue weighted by atomic mass is 16.5. The summed E-state index contributed by atoms with van der Waals surface area (Å²) in [5, 5.41) is 2.69. The molecule has 1 N–H and O–H groups in total. The fourth-order valence-electron chi connectivity index (χ4n) is 1.81. The molecule has 0 aliphatic heterocycles. The van der Waals surface area contributed by atoms with Crippen molar-refractivity contribution in [1.29, 1.82) is 0 Å². The van der Waals surface area contributed by atoms with Crippen molar-refractivity contribution in [3.8, 4) is 5.75 Å². The summed E-state index contributed by atoms with van der Waals surface area (Å²) in [5.74, 6) is -0.377. The number of amides is 1. The molecule has 0 aliphatic carbocycles. The average Bonchev–Trinajstić information content (AvgIpc) is 2.89. The van der Waals surface area contributed by atoms with Gasteiger partial charge in [0, 0.05) is 25.4 Å². The van der Waals surface area contributed by atoms with Crippen molar-refractivity contribution in [3.05, 3.63) is 46.5 Å². The maximum Gasteiger partial charge on any atom is 0.287 e. The van der Waals surface area contributed by atoms with Crippen LogP contribution in [0.5, 0.6) is 5.75 Å². The van der Waals surface area contributed by atoms with E-state index in [1.165, 1.54) is 7.11 Å². The van der Waals surface area contributed by atoms with Gasteiger partial charge < -0.3 is 19.0 Å². The van der Waals surface area contributed by atoms with Gasteiger partial charge in [-0.25, -0.2) is 4.98 Å². The van der Waals surface area contributed by atoms with Gasteiger partial charge in [-0.15, -0.1) is 0 Å². The Morgan fingerprint density at radius 1 is 1.52 bits per heavy atom. The zero-order chi connectivity index (χ0) is 15.2. The summed E-state index contributed by atoms with van der Waals surface area (Å²) in [7, 11) is 1.36. The van der Waals surface area contributed by atoms with Crippen LogP contribution >= 0.6 is 0 Å². The summed E-state index contributed by atoms with van der Waals surface area (Å²) in [5.41, 5.74) is 0.571. The fraction of sp³-hybridized carbons (Fsp3) is 0.357. The standard InChI is InChI=1S/C14H17N3O4/c1-10-7-17(9-16-10)5-3-4-15-14(19)12-6-11(18)13(20-2)8-21-12/h6-9H,3-5H2,1-2H3,(H,15,19). The quantitative estimate of drug-likeness (QED) is 0.802. The molecule has 21 heavy (non-hydrogen) atoms. The van der Waals surface area contributed by atoms with E-state index in [2.05, 4.69) is 10.3 Å². The summed E-state index contributed by atoms with van der Waals surface area (Å²) in [6, 6.07) is 1.12. The molecule has 7 nitrogen and oxygen atoms in total. The number of aryl methyl sites for hydroxylation is 2. The highest BCUT2D eigenvalue weighted by Gasteiger charge is 2.10. The van der Waals surface area contributed by atoms with Crippen molar-refractivity contribution in [3.63, 3.8) is 0 Å².